The van der Waals surface area contributed by atoms with Crippen molar-refractivity contribution in [2.75, 3.05) is 27.2 Å². The Hall–Kier alpha value is -0.650. The topological polar surface area (TPSA) is 61.6 Å². The molecule has 0 radical (unpaired) electrons. The Morgan fingerprint density at radius 2 is 2.18 bits per heavy atom. The highest BCUT2D eigenvalue weighted by molar-refractivity contribution is 5.81. The maximum atomic E-state index is 11.8. The third kappa shape index (κ3) is 3.40. The zero-order chi connectivity index (χ0) is 13.0. The minimum Gasteiger partial charge on any atom is -0.305 e. The van der Waals surface area contributed by atoms with E-state index >= 15 is 0 Å². The first-order valence-corrected chi connectivity index (χ1v) is 6.42. The van der Waals surface area contributed by atoms with E-state index in [1.165, 1.54) is 0 Å². The Balaban J connectivity index is 2.68. The number of likely N-dealkylation sites (N-methyl/N-ethyl adjacent to an activating group) is 1. The van der Waals surface area contributed by atoms with Crippen molar-refractivity contribution in [3.63, 3.8) is 0 Å². The van der Waals surface area contributed by atoms with E-state index in [-0.39, 0.29) is 11.9 Å². The molecule has 0 aliphatic carbocycles. The Labute approximate surface area is 104 Å². The molecule has 1 saturated heterocycles. The van der Waals surface area contributed by atoms with Gasteiger partial charge in [0, 0.05) is 19.1 Å². The Morgan fingerprint density at radius 1 is 1.53 bits per heavy atom. The summed E-state index contributed by atoms with van der Waals surface area (Å²) in [5, 5.41) is 0. The van der Waals surface area contributed by atoms with E-state index in [0.29, 0.717) is 12.0 Å². The fraction of sp³-hybridized carbons (Fsp3) is 0.917. The molecule has 100 valence electrons. The summed E-state index contributed by atoms with van der Waals surface area (Å²) in [4.78, 5) is 16.3. The number of carbonyl (C=O) groups excluding carboxylic acids is 1. The standard InChI is InChI=1S/C12H26N4O/c1-5-6-10(12(17)14-13)16-7-9(2)11(8-16)15(3)4/h9-11H,5-8,13H2,1-4H3,(H,14,17). The Kier molecular flexibility index (Phi) is 5.36. The van der Waals surface area contributed by atoms with E-state index < -0.39 is 0 Å². The zero-order valence-corrected chi connectivity index (χ0v) is 11.4. The maximum Gasteiger partial charge on any atom is 0.251 e. The first-order chi connectivity index (χ1) is 8.01. The van der Waals surface area contributed by atoms with Crippen LogP contribution in [0.3, 0.4) is 0 Å². The van der Waals surface area contributed by atoms with Crippen LogP contribution in [-0.2, 0) is 4.79 Å². The zero-order valence-electron chi connectivity index (χ0n) is 11.4. The lowest BCUT2D eigenvalue weighted by Gasteiger charge is -2.27. The molecule has 17 heavy (non-hydrogen) atoms. The van der Waals surface area contributed by atoms with Crippen LogP contribution in [-0.4, -0.2) is 55.0 Å². The van der Waals surface area contributed by atoms with Crippen LogP contribution in [0.25, 0.3) is 0 Å². The second-order valence-electron chi connectivity index (χ2n) is 5.28. The number of rotatable bonds is 5. The first-order valence-electron chi connectivity index (χ1n) is 6.42. The van der Waals surface area contributed by atoms with E-state index in [2.05, 4.69) is 43.2 Å². The third-order valence-corrected chi connectivity index (χ3v) is 3.71. The van der Waals surface area contributed by atoms with Gasteiger partial charge in [-0.1, -0.05) is 20.3 Å². The van der Waals surface area contributed by atoms with E-state index in [1.54, 1.807) is 0 Å². The van der Waals surface area contributed by atoms with Gasteiger partial charge in [0.25, 0.3) is 5.91 Å². The molecule has 1 aliphatic heterocycles. The quantitative estimate of drug-likeness (QED) is 0.405. The van der Waals surface area contributed by atoms with Gasteiger partial charge in [-0.3, -0.25) is 15.1 Å². The predicted molar refractivity (Wildman–Crippen MR) is 69.2 cm³/mol. The van der Waals surface area contributed by atoms with E-state index in [0.717, 1.165) is 25.9 Å². The molecule has 3 N–H and O–H groups in total. The molecular weight excluding hydrogens is 216 g/mol. The number of amides is 1. The van der Waals surface area contributed by atoms with Crippen LogP contribution in [0.5, 0.6) is 0 Å². The van der Waals surface area contributed by atoms with E-state index in [9.17, 15) is 4.79 Å². The van der Waals surface area contributed by atoms with Crippen LogP contribution >= 0.6 is 0 Å². The predicted octanol–water partition coefficient (Wildman–Crippen LogP) is 0.0269. The molecule has 0 aromatic carbocycles. The number of carbonyl (C=O) groups is 1. The molecule has 0 aromatic heterocycles. The van der Waals surface area contributed by atoms with Crippen LogP contribution in [0, 0.1) is 5.92 Å². The lowest BCUT2D eigenvalue weighted by atomic mass is 10.1. The molecule has 1 amide bonds. The second kappa shape index (κ2) is 6.33. The SMILES string of the molecule is CCCC(C(=O)NN)N1CC(C)C(N(C)C)C1. The highest BCUT2D eigenvalue weighted by Crippen LogP contribution is 2.23. The number of nitrogens with zero attached hydrogens (tertiary/aromatic N) is 2. The fourth-order valence-electron chi connectivity index (χ4n) is 2.76. The molecule has 0 bridgehead atoms. The van der Waals surface area contributed by atoms with Gasteiger partial charge in [-0.15, -0.1) is 0 Å². The first kappa shape index (κ1) is 14.4. The average Bonchev–Trinajstić information content (AvgIpc) is 2.67. The molecule has 5 heteroatoms. The van der Waals surface area contributed by atoms with Crippen LogP contribution in [0.1, 0.15) is 26.7 Å². The van der Waals surface area contributed by atoms with E-state index in [4.69, 9.17) is 5.84 Å². The van der Waals surface area contributed by atoms with Gasteiger partial charge in [0.15, 0.2) is 0 Å². The van der Waals surface area contributed by atoms with Crippen molar-refractivity contribution in [2.45, 2.75) is 38.8 Å². The smallest absolute Gasteiger partial charge is 0.251 e. The summed E-state index contributed by atoms with van der Waals surface area (Å²) in [5.41, 5.74) is 2.29. The van der Waals surface area contributed by atoms with Crippen molar-refractivity contribution in [2.24, 2.45) is 11.8 Å². The summed E-state index contributed by atoms with van der Waals surface area (Å²) < 4.78 is 0. The van der Waals surface area contributed by atoms with Gasteiger partial charge in [0.05, 0.1) is 6.04 Å². The molecule has 0 saturated carbocycles. The number of hydrazine groups is 1. The van der Waals surface area contributed by atoms with Crippen LogP contribution in [0.2, 0.25) is 0 Å². The van der Waals surface area contributed by atoms with Crippen LogP contribution in [0.4, 0.5) is 0 Å². The molecule has 5 nitrogen and oxygen atoms in total. The molecule has 3 atom stereocenters. The van der Waals surface area contributed by atoms with Gasteiger partial charge in [-0.25, -0.2) is 5.84 Å². The third-order valence-electron chi connectivity index (χ3n) is 3.71. The molecule has 3 unspecified atom stereocenters. The Bertz CT molecular complexity index is 257. The van der Waals surface area contributed by atoms with Crippen molar-refractivity contribution in [3.05, 3.63) is 0 Å². The van der Waals surface area contributed by atoms with Crippen LogP contribution < -0.4 is 11.3 Å². The lowest BCUT2D eigenvalue weighted by Crippen LogP contribution is -2.49. The van der Waals surface area contributed by atoms with E-state index in [1.807, 2.05) is 0 Å². The normalized spacial score (nSPS) is 27.4. The minimum atomic E-state index is -0.0719. The lowest BCUT2D eigenvalue weighted by molar-refractivity contribution is -0.126. The highest BCUT2D eigenvalue weighted by Gasteiger charge is 2.36. The monoisotopic (exact) mass is 242 g/mol. The molecule has 0 aromatic rings. The largest absolute Gasteiger partial charge is 0.305 e. The van der Waals surface area contributed by atoms with Gasteiger partial charge >= 0.3 is 0 Å². The molecule has 1 rings (SSSR count). The summed E-state index contributed by atoms with van der Waals surface area (Å²) in [6.45, 7) is 6.26. The molecule has 0 spiro atoms. The molecule has 1 fully saturated rings. The number of likely N-dealkylation sites (tertiary alicyclic amines) is 1. The van der Waals surface area contributed by atoms with Gasteiger partial charge in [0.2, 0.25) is 0 Å². The second-order valence-corrected chi connectivity index (χ2v) is 5.28. The maximum absolute atomic E-state index is 11.8. The van der Waals surface area contributed by atoms with Crippen molar-refractivity contribution in [3.8, 4) is 0 Å². The van der Waals surface area contributed by atoms with Crippen molar-refractivity contribution >= 4 is 5.91 Å². The summed E-state index contributed by atoms with van der Waals surface area (Å²) in [5.74, 6) is 5.80. The molecule has 1 heterocycles. The molecular formula is C12H26N4O. The summed E-state index contributed by atoms with van der Waals surface area (Å²) in [7, 11) is 4.20. The fourth-order valence-corrected chi connectivity index (χ4v) is 2.76. The van der Waals surface area contributed by atoms with Crippen molar-refractivity contribution in [1.29, 1.82) is 0 Å². The van der Waals surface area contributed by atoms with Crippen LogP contribution in [0.15, 0.2) is 0 Å². The number of hydrogen-bond acceptors (Lipinski definition) is 4. The van der Waals surface area contributed by atoms with Gasteiger partial charge in [0.1, 0.15) is 0 Å². The van der Waals surface area contributed by atoms with Gasteiger partial charge in [-0.2, -0.15) is 0 Å². The number of nitrogens with one attached hydrogen (secondary N) is 1. The molecule has 1 aliphatic rings. The van der Waals surface area contributed by atoms with Gasteiger partial charge in [-0.05, 0) is 26.4 Å². The summed E-state index contributed by atoms with van der Waals surface area (Å²) in [6, 6.07) is 0.456. The summed E-state index contributed by atoms with van der Waals surface area (Å²) >= 11 is 0. The highest BCUT2D eigenvalue weighted by atomic mass is 16.2. The summed E-state index contributed by atoms with van der Waals surface area (Å²) in [6.07, 6.45) is 1.87. The number of hydrogen-bond donors (Lipinski definition) is 2. The van der Waals surface area contributed by atoms with Crippen molar-refractivity contribution in [1.82, 2.24) is 15.2 Å². The van der Waals surface area contributed by atoms with Gasteiger partial charge < -0.3 is 4.90 Å². The number of nitrogens with two attached hydrogens (primary N) is 1. The Morgan fingerprint density at radius 3 is 2.59 bits per heavy atom. The van der Waals surface area contributed by atoms with Crippen molar-refractivity contribution < 1.29 is 4.79 Å². The minimum absolute atomic E-state index is 0.0570. The average molecular weight is 242 g/mol.